The third kappa shape index (κ3) is 2.59. The van der Waals surface area contributed by atoms with Gasteiger partial charge in [-0.25, -0.2) is 0 Å². The van der Waals surface area contributed by atoms with Crippen LogP contribution in [-0.4, -0.2) is 25.2 Å². The Hall–Kier alpha value is -1.55. The average molecular weight is 260 g/mol. The molecule has 2 N–H and O–H groups in total. The first kappa shape index (κ1) is 12.5. The van der Waals surface area contributed by atoms with Crippen molar-refractivity contribution < 1.29 is 9.53 Å². The lowest BCUT2D eigenvalue weighted by Gasteiger charge is -2.22. The standard InChI is InChI=1S/C15H20N2O2/c1-10-8-12(9-19-10)15(18)17-13-6-2-4-11-5-3-7-16-14(11)13/h2,4,6,10,12,16H,3,5,7-9H2,1H3,(H,17,18). The number of hydrogen-bond acceptors (Lipinski definition) is 3. The Bertz CT molecular complexity index is 487. The molecule has 2 heterocycles. The molecule has 0 bridgehead atoms. The summed E-state index contributed by atoms with van der Waals surface area (Å²) in [5.41, 5.74) is 3.29. The molecule has 2 aliphatic heterocycles. The van der Waals surface area contributed by atoms with Gasteiger partial charge in [-0.3, -0.25) is 4.79 Å². The fourth-order valence-corrected chi connectivity index (χ4v) is 2.85. The molecule has 102 valence electrons. The minimum Gasteiger partial charge on any atom is -0.383 e. The van der Waals surface area contributed by atoms with Gasteiger partial charge in [-0.2, -0.15) is 0 Å². The van der Waals surface area contributed by atoms with E-state index in [1.54, 1.807) is 0 Å². The predicted octanol–water partition coefficient (Wildman–Crippen LogP) is 2.41. The number of carbonyl (C=O) groups excluding carboxylic acids is 1. The molecule has 2 atom stereocenters. The third-order valence-electron chi connectivity index (χ3n) is 3.90. The Balaban J connectivity index is 1.74. The van der Waals surface area contributed by atoms with Crippen molar-refractivity contribution in [3.05, 3.63) is 23.8 Å². The van der Waals surface area contributed by atoms with Crippen LogP contribution < -0.4 is 10.6 Å². The van der Waals surface area contributed by atoms with Crippen molar-refractivity contribution >= 4 is 17.3 Å². The molecule has 1 fully saturated rings. The second-order valence-corrected chi connectivity index (χ2v) is 5.44. The number of nitrogens with one attached hydrogen (secondary N) is 2. The topological polar surface area (TPSA) is 50.4 Å². The van der Waals surface area contributed by atoms with Gasteiger partial charge in [0.15, 0.2) is 0 Å². The lowest BCUT2D eigenvalue weighted by atomic mass is 10.0. The van der Waals surface area contributed by atoms with E-state index < -0.39 is 0 Å². The SMILES string of the molecule is CC1CC(C(=O)Nc2cccc3c2NCCC3)CO1. The fourth-order valence-electron chi connectivity index (χ4n) is 2.85. The van der Waals surface area contributed by atoms with E-state index in [1.807, 2.05) is 19.1 Å². The molecule has 3 rings (SSSR count). The van der Waals surface area contributed by atoms with Crippen molar-refractivity contribution in [3.8, 4) is 0 Å². The van der Waals surface area contributed by atoms with Crippen molar-refractivity contribution in [2.24, 2.45) is 5.92 Å². The van der Waals surface area contributed by atoms with E-state index in [0.29, 0.717) is 6.61 Å². The number of fused-ring (bicyclic) bond motifs is 1. The van der Waals surface area contributed by atoms with Gasteiger partial charge < -0.3 is 15.4 Å². The van der Waals surface area contributed by atoms with Gasteiger partial charge in [0.25, 0.3) is 0 Å². The second-order valence-electron chi connectivity index (χ2n) is 5.44. The summed E-state index contributed by atoms with van der Waals surface area (Å²) >= 11 is 0. The molecule has 0 aromatic heterocycles. The number of rotatable bonds is 2. The number of aryl methyl sites for hydroxylation is 1. The number of ether oxygens (including phenoxy) is 1. The lowest BCUT2D eigenvalue weighted by Crippen LogP contribution is -2.24. The monoisotopic (exact) mass is 260 g/mol. The van der Waals surface area contributed by atoms with Gasteiger partial charge in [0.2, 0.25) is 5.91 Å². The number of anilines is 2. The molecule has 4 heteroatoms. The molecule has 2 unspecified atom stereocenters. The quantitative estimate of drug-likeness (QED) is 0.858. The van der Waals surface area contributed by atoms with Crippen LogP contribution in [0.25, 0.3) is 0 Å². The summed E-state index contributed by atoms with van der Waals surface area (Å²) in [4.78, 5) is 12.2. The van der Waals surface area contributed by atoms with Crippen LogP contribution in [0.1, 0.15) is 25.3 Å². The van der Waals surface area contributed by atoms with Crippen LogP contribution in [-0.2, 0) is 16.0 Å². The largest absolute Gasteiger partial charge is 0.383 e. The van der Waals surface area contributed by atoms with Gasteiger partial charge in [-0.1, -0.05) is 12.1 Å². The van der Waals surface area contributed by atoms with Crippen LogP contribution in [0.5, 0.6) is 0 Å². The number of hydrogen-bond donors (Lipinski definition) is 2. The first-order valence-corrected chi connectivity index (χ1v) is 7.02. The van der Waals surface area contributed by atoms with Crippen molar-refractivity contribution in [2.75, 3.05) is 23.8 Å². The summed E-state index contributed by atoms with van der Waals surface area (Å²) in [6, 6.07) is 6.10. The van der Waals surface area contributed by atoms with Gasteiger partial charge in [0.05, 0.1) is 30.0 Å². The molecule has 19 heavy (non-hydrogen) atoms. The first-order chi connectivity index (χ1) is 9.24. The number of para-hydroxylation sites is 1. The van der Waals surface area contributed by atoms with Crippen molar-refractivity contribution in [1.82, 2.24) is 0 Å². The van der Waals surface area contributed by atoms with Crippen molar-refractivity contribution in [3.63, 3.8) is 0 Å². The summed E-state index contributed by atoms with van der Waals surface area (Å²) < 4.78 is 5.46. The Morgan fingerprint density at radius 1 is 1.47 bits per heavy atom. The zero-order valence-electron chi connectivity index (χ0n) is 11.2. The molecule has 0 saturated carbocycles. The van der Waals surface area contributed by atoms with Crippen LogP contribution >= 0.6 is 0 Å². The van der Waals surface area contributed by atoms with Crippen molar-refractivity contribution in [1.29, 1.82) is 0 Å². The minimum absolute atomic E-state index is 0.0190. The van der Waals surface area contributed by atoms with Gasteiger partial charge in [0, 0.05) is 6.54 Å². The average Bonchev–Trinajstić information content (AvgIpc) is 2.86. The van der Waals surface area contributed by atoms with Crippen LogP contribution in [0, 0.1) is 5.92 Å². The maximum atomic E-state index is 12.2. The molecule has 1 amide bonds. The highest BCUT2D eigenvalue weighted by atomic mass is 16.5. The van der Waals surface area contributed by atoms with Crippen LogP contribution in [0.4, 0.5) is 11.4 Å². The first-order valence-electron chi connectivity index (χ1n) is 7.02. The van der Waals surface area contributed by atoms with Crippen LogP contribution in [0.15, 0.2) is 18.2 Å². The number of benzene rings is 1. The molecule has 0 radical (unpaired) electrons. The summed E-state index contributed by atoms with van der Waals surface area (Å²) in [5, 5.41) is 6.44. The fraction of sp³-hybridized carbons (Fsp3) is 0.533. The molecule has 4 nitrogen and oxygen atoms in total. The van der Waals surface area contributed by atoms with Crippen LogP contribution in [0.3, 0.4) is 0 Å². The lowest BCUT2D eigenvalue weighted by molar-refractivity contribution is -0.119. The summed E-state index contributed by atoms with van der Waals surface area (Å²) in [5.74, 6) is 0.0552. The normalized spacial score (nSPS) is 25.5. The zero-order chi connectivity index (χ0) is 13.2. The Morgan fingerprint density at radius 2 is 2.37 bits per heavy atom. The molecule has 1 aromatic carbocycles. The number of amides is 1. The smallest absolute Gasteiger partial charge is 0.229 e. The summed E-state index contributed by atoms with van der Waals surface area (Å²) in [7, 11) is 0. The molecule has 2 aliphatic rings. The molecule has 1 saturated heterocycles. The maximum Gasteiger partial charge on any atom is 0.229 e. The molecular formula is C15H20N2O2. The van der Waals surface area contributed by atoms with E-state index >= 15 is 0 Å². The van der Waals surface area contributed by atoms with Gasteiger partial charge in [-0.15, -0.1) is 0 Å². The minimum atomic E-state index is -0.0190. The zero-order valence-corrected chi connectivity index (χ0v) is 11.2. The van der Waals surface area contributed by atoms with E-state index in [0.717, 1.165) is 37.2 Å². The van der Waals surface area contributed by atoms with E-state index in [1.165, 1.54) is 5.56 Å². The number of carbonyl (C=O) groups is 1. The summed E-state index contributed by atoms with van der Waals surface area (Å²) in [6.45, 7) is 3.53. The maximum absolute atomic E-state index is 12.2. The Labute approximate surface area is 113 Å². The Kier molecular flexibility index (Phi) is 3.42. The van der Waals surface area contributed by atoms with E-state index in [4.69, 9.17) is 4.74 Å². The van der Waals surface area contributed by atoms with Gasteiger partial charge in [-0.05, 0) is 37.8 Å². The highest BCUT2D eigenvalue weighted by Crippen LogP contribution is 2.31. The molecule has 0 spiro atoms. The highest BCUT2D eigenvalue weighted by molar-refractivity contribution is 5.96. The predicted molar refractivity (Wildman–Crippen MR) is 75.4 cm³/mol. The molecule has 0 aliphatic carbocycles. The van der Waals surface area contributed by atoms with E-state index in [-0.39, 0.29) is 17.9 Å². The van der Waals surface area contributed by atoms with E-state index in [2.05, 4.69) is 16.7 Å². The Morgan fingerprint density at radius 3 is 3.16 bits per heavy atom. The highest BCUT2D eigenvalue weighted by Gasteiger charge is 2.28. The molecule has 1 aromatic rings. The van der Waals surface area contributed by atoms with Gasteiger partial charge >= 0.3 is 0 Å². The molecular weight excluding hydrogens is 240 g/mol. The second kappa shape index (κ2) is 5.21. The van der Waals surface area contributed by atoms with Gasteiger partial charge in [0.1, 0.15) is 0 Å². The summed E-state index contributed by atoms with van der Waals surface area (Å²) in [6.07, 6.45) is 3.24. The van der Waals surface area contributed by atoms with E-state index in [9.17, 15) is 4.79 Å². The van der Waals surface area contributed by atoms with Crippen molar-refractivity contribution in [2.45, 2.75) is 32.3 Å². The van der Waals surface area contributed by atoms with Crippen LogP contribution in [0.2, 0.25) is 0 Å². The third-order valence-corrected chi connectivity index (χ3v) is 3.90.